The molecule has 2 fully saturated rings. The Bertz CT molecular complexity index is 346. The van der Waals surface area contributed by atoms with Crippen LogP contribution in [0, 0.1) is 11.8 Å². The van der Waals surface area contributed by atoms with E-state index >= 15 is 0 Å². The Morgan fingerprint density at radius 2 is 1.89 bits per heavy atom. The zero-order chi connectivity index (χ0) is 13.8. The molecular formula is C14H24N2O3. The lowest BCUT2D eigenvalue weighted by Crippen LogP contribution is -2.49. The molecule has 0 aromatic heterocycles. The molecule has 1 amide bonds. The van der Waals surface area contributed by atoms with Crippen LogP contribution in [0.4, 0.5) is 0 Å². The van der Waals surface area contributed by atoms with Gasteiger partial charge in [0.2, 0.25) is 5.91 Å². The summed E-state index contributed by atoms with van der Waals surface area (Å²) in [5.41, 5.74) is 6.06. The number of amides is 1. The fourth-order valence-corrected chi connectivity index (χ4v) is 3.38. The third-order valence-corrected chi connectivity index (χ3v) is 4.43. The lowest BCUT2D eigenvalue weighted by Gasteiger charge is -2.37. The molecule has 3 atom stereocenters. The molecule has 3 N–H and O–H groups in total. The van der Waals surface area contributed by atoms with E-state index in [0.29, 0.717) is 6.54 Å². The van der Waals surface area contributed by atoms with Gasteiger partial charge in [-0.25, -0.2) is 0 Å². The third kappa shape index (κ3) is 3.69. The Hall–Kier alpha value is -1.10. The van der Waals surface area contributed by atoms with Crippen molar-refractivity contribution in [3.63, 3.8) is 0 Å². The van der Waals surface area contributed by atoms with Crippen LogP contribution in [-0.4, -0.2) is 41.0 Å². The van der Waals surface area contributed by atoms with Crippen LogP contribution in [0.2, 0.25) is 0 Å². The topological polar surface area (TPSA) is 83.6 Å². The minimum absolute atomic E-state index is 0.0129. The first-order chi connectivity index (χ1) is 9.08. The van der Waals surface area contributed by atoms with Crippen LogP contribution in [0.5, 0.6) is 0 Å². The lowest BCUT2D eigenvalue weighted by molar-refractivity contribution is -0.143. The van der Waals surface area contributed by atoms with Crippen molar-refractivity contribution >= 4 is 11.9 Å². The van der Waals surface area contributed by atoms with Crippen LogP contribution in [0.15, 0.2) is 0 Å². The SMILES string of the molecule is NC1CCCCC1C(=O)N1CCCC(CC(=O)O)C1. The molecule has 0 radical (unpaired) electrons. The maximum atomic E-state index is 12.5. The highest BCUT2D eigenvalue weighted by atomic mass is 16.4. The third-order valence-electron chi connectivity index (χ3n) is 4.43. The summed E-state index contributed by atoms with van der Waals surface area (Å²) in [6, 6.07) is -0.0129. The average Bonchev–Trinajstić information content (AvgIpc) is 2.38. The van der Waals surface area contributed by atoms with Gasteiger partial charge in [-0.2, -0.15) is 0 Å². The Morgan fingerprint density at radius 3 is 2.58 bits per heavy atom. The van der Waals surface area contributed by atoms with Crippen molar-refractivity contribution in [2.75, 3.05) is 13.1 Å². The van der Waals surface area contributed by atoms with E-state index in [1.165, 1.54) is 0 Å². The molecule has 2 rings (SSSR count). The fourth-order valence-electron chi connectivity index (χ4n) is 3.38. The van der Waals surface area contributed by atoms with E-state index in [1.54, 1.807) is 0 Å². The molecule has 0 spiro atoms. The molecule has 1 aliphatic heterocycles. The van der Waals surface area contributed by atoms with Crippen molar-refractivity contribution in [3.05, 3.63) is 0 Å². The van der Waals surface area contributed by atoms with Gasteiger partial charge in [0, 0.05) is 25.6 Å². The summed E-state index contributed by atoms with van der Waals surface area (Å²) in [6.45, 7) is 1.35. The number of hydrogen-bond acceptors (Lipinski definition) is 3. The van der Waals surface area contributed by atoms with E-state index in [4.69, 9.17) is 10.8 Å². The Kier molecular flexibility index (Phi) is 4.80. The fraction of sp³-hybridized carbons (Fsp3) is 0.857. The van der Waals surface area contributed by atoms with Crippen molar-refractivity contribution in [3.8, 4) is 0 Å². The number of nitrogens with zero attached hydrogens (tertiary/aromatic N) is 1. The van der Waals surface area contributed by atoms with Crippen molar-refractivity contribution in [2.45, 2.75) is 51.0 Å². The first-order valence-corrected chi connectivity index (χ1v) is 7.34. The maximum absolute atomic E-state index is 12.5. The summed E-state index contributed by atoms with van der Waals surface area (Å²) in [5, 5.41) is 8.86. The van der Waals surface area contributed by atoms with Gasteiger partial charge in [0.1, 0.15) is 0 Å². The molecule has 2 aliphatic rings. The highest BCUT2D eigenvalue weighted by Crippen LogP contribution is 2.27. The van der Waals surface area contributed by atoms with E-state index in [2.05, 4.69) is 0 Å². The van der Waals surface area contributed by atoms with Crippen molar-refractivity contribution in [1.29, 1.82) is 0 Å². The van der Waals surface area contributed by atoms with E-state index in [9.17, 15) is 9.59 Å². The first kappa shape index (κ1) is 14.3. The molecule has 1 aliphatic carbocycles. The van der Waals surface area contributed by atoms with Gasteiger partial charge in [-0.1, -0.05) is 12.8 Å². The van der Waals surface area contributed by atoms with Crippen LogP contribution >= 0.6 is 0 Å². The zero-order valence-electron chi connectivity index (χ0n) is 11.4. The number of rotatable bonds is 3. The van der Waals surface area contributed by atoms with E-state index in [0.717, 1.165) is 45.1 Å². The van der Waals surface area contributed by atoms with Gasteiger partial charge in [0.15, 0.2) is 0 Å². The van der Waals surface area contributed by atoms with Crippen molar-refractivity contribution in [2.24, 2.45) is 17.6 Å². The molecule has 5 heteroatoms. The molecule has 1 saturated carbocycles. The van der Waals surface area contributed by atoms with Crippen LogP contribution < -0.4 is 5.73 Å². The maximum Gasteiger partial charge on any atom is 0.303 e. The Labute approximate surface area is 114 Å². The number of carbonyl (C=O) groups is 2. The molecule has 19 heavy (non-hydrogen) atoms. The smallest absolute Gasteiger partial charge is 0.303 e. The van der Waals surface area contributed by atoms with Gasteiger partial charge >= 0.3 is 5.97 Å². The summed E-state index contributed by atoms with van der Waals surface area (Å²) >= 11 is 0. The van der Waals surface area contributed by atoms with E-state index in [1.807, 2.05) is 4.90 Å². The van der Waals surface area contributed by atoms with Gasteiger partial charge in [0.25, 0.3) is 0 Å². The van der Waals surface area contributed by atoms with Gasteiger partial charge in [-0.15, -0.1) is 0 Å². The molecule has 3 unspecified atom stereocenters. The number of aliphatic carboxylic acids is 1. The van der Waals surface area contributed by atoms with Gasteiger partial charge in [0.05, 0.1) is 5.92 Å². The highest BCUT2D eigenvalue weighted by molar-refractivity contribution is 5.80. The molecular weight excluding hydrogens is 244 g/mol. The quantitative estimate of drug-likeness (QED) is 0.806. The summed E-state index contributed by atoms with van der Waals surface area (Å²) < 4.78 is 0. The van der Waals surface area contributed by atoms with E-state index < -0.39 is 5.97 Å². The van der Waals surface area contributed by atoms with Crippen LogP contribution in [0.25, 0.3) is 0 Å². The summed E-state index contributed by atoms with van der Waals surface area (Å²) in [6.07, 6.45) is 6.00. The molecule has 108 valence electrons. The molecule has 5 nitrogen and oxygen atoms in total. The van der Waals surface area contributed by atoms with Gasteiger partial charge in [-0.05, 0) is 31.6 Å². The van der Waals surface area contributed by atoms with Crippen LogP contribution in [-0.2, 0) is 9.59 Å². The normalized spacial score (nSPS) is 32.1. The minimum atomic E-state index is -0.770. The van der Waals surface area contributed by atoms with Crippen molar-refractivity contribution in [1.82, 2.24) is 4.90 Å². The minimum Gasteiger partial charge on any atom is -0.481 e. The summed E-state index contributed by atoms with van der Waals surface area (Å²) in [4.78, 5) is 25.1. The zero-order valence-corrected chi connectivity index (χ0v) is 11.4. The second-order valence-electron chi connectivity index (χ2n) is 5.95. The number of piperidine rings is 1. The molecule has 1 saturated heterocycles. The first-order valence-electron chi connectivity index (χ1n) is 7.34. The predicted octanol–water partition coefficient (Wildman–Crippen LogP) is 1.22. The standard InChI is InChI=1S/C14H24N2O3/c15-12-6-2-1-5-11(12)14(19)16-7-3-4-10(9-16)8-13(17)18/h10-12H,1-9,15H2,(H,17,18). The highest BCUT2D eigenvalue weighted by Gasteiger charge is 2.34. The number of carboxylic acid groups (broad SMARTS) is 1. The molecule has 0 aromatic rings. The van der Waals surface area contributed by atoms with Crippen LogP contribution in [0.1, 0.15) is 44.9 Å². The number of carbonyl (C=O) groups excluding carboxylic acids is 1. The second kappa shape index (κ2) is 6.37. The number of carboxylic acids is 1. The largest absolute Gasteiger partial charge is 0.481 e. The number of nitrogens with two attached hydrogens (primary N) is 1. The van der Waals surface area contributed by atoms with Gasteiger partial charge < -0.3 is 15.7 Å². The molecule has 0 aromatic carbocycles. The van der Waals surface area contributed by atoms with E-state index in [-0.39, 0.29) is 30.2 Å². The summed E-state index contributed by atoms with van der Waals surface area (Å²) in [5.74, 6) is -0.553. The molecule has 1 heterocycles. The van der Waals surface area contributed by atoms with Crippen LogP contribution in [0.3, 0.4) is 0 Å². The van der Waals surface area contributed by atoms with Crippen molar-refractivity contribution < 1.29 is 14.7 Å². The monoisotopic (exact) mass is 268 g/mol. The predicted molar refractivity (Wildman–Crippen MR) is 71.5 cm³/mol. The summed E-state index contributed by atoms with van der Waals surface area (Å²) in [7, 11) is 0. The Morgan fingerprint density at radius 1 is 1.16 bits per heavy atom. The second-order valence-corrected chi connectivity index (χ2v) is 5.95. The lowest BCUT2D eigenvalue weighted by atomic mass is 9.83. The van der Waals surface area contributed by atoms with Gasteiger partial charge in [-0.3, -0.25) is 9.59 Å². The average molecular weight is 268 g/mol. The number of hydrogen-bond donors (Lipinski definition) is 2. The molecule has 0 bridgehead atoms. The Balaban J connectivity index is 1.92. The number of likely N-dealkylation sites (tertiary alicyclic amines) is 1.